The highest BCUT2D eigenvalue weighted by atomic mass is 32.3. The Balaban J connectivity index is 1.95. The van der Waals surface area contributed by atoms with Crippen LogP contribution in [-0.2, 0) is 20.0 Å². The summed E-state index contributed by atoms with van der Waals surface area (Å²) in [5.74, 6) is 0.500. The number of sulfonamides is 2. The van der Waals surface area contributed by atoms with Gasteiger partial charge < -0.3 is 4.13 Å². The molecule has 0 spiro atoms. The molecule has 2 saturated carbocycles. The van der Waals surface area contributed by atoms with Crippen molar-refractivity contribution in [2.24, 2.45) is 23.7 Å². The predicted molar refractivity (Wildman–Crippen MR) is 79.1 cm³/mol. The highest BCUT2D eigenvalue weighted by Crippen LogP contribution is 2.59. The molecule has 4 atom stereocenters. The molecule has 4 aliphatic rings. The van der Waals surface area contributed by atoms with Gasteiger partial charge in [-0.2, -0.15) is 0 Å². The average Bonchev–Trinajstić information content (AvgIpc) is 2.64. The minimum atomic E-state index is -3.96. The lowest BCUT2D eigenvalue weighted by molar-refractivity contribution is 0.102. The minimum absolute atomic E-state index is 0.0980. The van der Waals surface area contributed by atoms with E-state index in [1.54, 1.807) is 0 Å². The van der Waals surface area contributed by atoms with E-state index < -0.39 is 20.0 Å². The summed E-state index contributed by atoms with van der Waals surface area (Å²) in [6.45, 7) is 0. The molecule has 3 aliphatic carbocycles. The standard InChI is InChI=1S/C14H20NO4S2/c16-20(17)13-11-7-3-1-5-9(11)10-6-2-4-8-12(10)14(13)21(18,19)15-20/h9-12H,1-8H2/q-1. The Hall–Kier alpha value is -0.400. The molecule has 0 saturated heterocycles. The molecule has 7 heteroatoms. The van der Waals surface area contributed by atoms with Crippen LogP contribution in [0.4, 0.5) is 0 Å². The van der Waals surface area contributed by atoms with Crippen LogP contribution in [0.1, 0.15) is 51.4 Å². The molecule has 0 amide bonds. The molecule has 4 rings (SSSR count). The summed E-state index contributed by atoms with van der Waals surface area (Å²) in [4.78, 5) is 0.380. The minimum Gasteiger partial charge on any atom is -0.428 e. The van der Waals surface area contributed by atoms with Gasteiger partial charge in [-0.15, -0.1) is 0 Å². The molecule has 4 unspecified atom stereocenters. The first-order chi connectivity index (χ1) is 9.92. The Morgan fingerprint density at radius 1 is 0.667 bits per heavy atom. The summed E-state index contributed by atoms with van der Waals surface area (Å²) < 4.78 is 52.6. The van der Waals surface area contributed by atoms with Crippen LogP contribution in [0.2, 0.25) is 0 Å². The molecular weight excluding hydrogens is 310 g/mol. The van der Waals surface area contributed by atoms with Gasteiger partial charge in [0, 0.05) is 9.81 Å². The van der Waals surface area contributed by atoms with E-state index in [0.29, 0.717) is 11.8 Å². The van der Waals surface area contributed by atoms with E-state index in [-0.39, 0.29) is 21.6 Å². The number of hydrogen-bond acceptors (Lipinski definition) is 4. The lowest BCUT2D eigenvalue weighted by atomic mass is 9.60. The van der Waals surface area contributed by atoms with Crippen LogP contribution in [0.3, 0.4) is 0 Å². The SMILES string of the molecule is O=S1(=O)[N-]S(=O)(=O)C2=C1C1CCCCC1C1CCCCC21. The summed E-state index contributed by atoms with van der Waals surface area (Å²) in [5, 5.41) is 0. The van der Waals surface area contributed by atoms with E-state index >= 15 is 0 Å². The normalized spacial score (nSPS) is 43.8. The molecule has 0 N–H and O–H groups in total. The van der Waals surface area contributed by atoms with Gasteiger partial charge in [0.2, 0.25) is 0 Å². The molecule has 1 aliphatic heterocycles. The molecule has 0 radical (unpaired) electrons. The highest BCUT2D eigenvalue weighted by Gasteiger charge is 2.52. The zero-order valence-corrected chi connectivity index (χ0v) is 13.5. The van der Waals surface area contributed by atoms with Crippen LogP contribution in [0.15, 0.2) is 9.81 Å². The summed E-state index contributed by atoms with van der Waals surface area (Å²) >= 11 is 0. The second-order valence-corrected chi connectivity index (χ2v) is 10.2. The van der Waals surface area contributed by atoms with Gasteiger partial charge in [-0.3, -0.25) is 0 Å². The Labute approximate surface area is 126 Å². The van der Waals surface area contributed by atoms with Crippen LogP contribution in [-0.4, -0.2) is 16.8 Å². The fraction of sp³-hybridized carbons (Fsp3) is 0.857. The van der Waals surface area contributed by atoms with Crippen molar-refractivity contribution in [1.82, 2.24) is 0 Å². The molecule has 2 fully saturated rings. The van der Waals surface area contributed by atoms with Gasteiger partial charge in [-0.1, -0.05) is 25.7 Å². The average molecular weight is 330 g/mol. The van der Waals surface area contributed by atoms with Crippen molar-refractivity contribution in [3.8, 4) is 0 Å². The van der Waals surface area contributed by atoms with Crippen molar-refractivity contribution in [2.75, 3.05) is 0 Å². The Morgan fingerprint density at radius 2 is 1.05 bits per heavy atom. The molecular formula is C14H20NO4S2-. The van der Waals surface area contributed by atoms with Crippen molar-refractivity contribution in [3.05, 3.63) is 13.9 Å². The molecule has 0 bridgehead atoms. The number of nitrogens with zero attached hydrogens (tertiary/aromatic N) is 1. The van der Waals surface area contributed by atoms with Gasteiger partial charge in [0.05, 0.1) is 0 Å². The first kappa shape index (κ1) is 14.2. The number of fused-ring (bicyclic) bond motifs is 5. The van der Waals surface area contributed by atoms with E-state index in [1.165, 1.54) is 0 Å². The van der Waals surface area contributed by atoms with Gasteiger partial charge >= 0.3 is 0 Å². The molecule has 0 aromatic rings. The smallest absolute Gasteiger partial charge is 0.109 e. The zero-order valence-electron chi connectivity index (χ0n) is 11.9. The van der Waals surface area contributed by atoms with Crippen LogP contribution in [0.25, 0.3) is 4.13 Å². The lowest BCUT2D eigenvalue weighted by Crippen LogP contribution is -2.41. The molecule has 0 aromatic heterocycles. The van der Waals surface area contributed by atoms with Gasteiger partial charge in [-0.25, -0.2) is 16.8 Å². The molecule has 21 heavy (non-hydrogen) atoms. The number of hydrogen-bond donors (Lipinski definition) is 0. The fourth-order valence-electron chi connectivity index (χ4n) is 5.21. The third kappa shape index (κ3) is 1.96. The summed E-state index contributed by atoms with van der Waals surface area (Å²) in [7, 11) is -7.92. The Kier molecular flexibility index (Phi) is 3.08. The Morgan fingerprint density at radius 3 is 1.48 bits per heavy atom. The zero-order chi connectivity index (χ0) is 14.8. The second kappa shape index (κ2) is 4.55. The van der Waals surface area contributed by atoms with Gasteiger partial charge in [0.15, 0.2) is 0 Å². The largest absolute Gasteiger partial charge is 0.428 e. The van der Waals surface area contributed by atoms with Crippen molar-refractivity contribution in [3.63, 3.8) is 0 Å². The first-order valence-electron chi connectivity index (χ1n) is 7.90. The van der Waals surface area contributed by atoms with E-state index in [2.05, 4.69) is 4.13 Å². The van der Waals surface area contributed by atoms with Crippen LogP contribution in [0, 0.1) is 23.7 Å². The molecule has 5 nitrogen and oxygen atoms in total. The molecule has 1 heterocycles. The fourth-order valence-corrected chi connectivity index (χ4v) is 9.68. The van der Waals surface area contributed by atoms with Gasteiger partial charge in [0.1, 0.15) is 20.0 Å². The second-order valence-electron chi connectivity index (χ2n) is 6.86. The Bertz CT molecular complexity index is 647. The van der Waals surface area contributed by atoms with E-state index in [1.807, 2.05) is 0 Å². The third-order valence-electron chi connectivity index (χ3n) is 5.86. The number of rotatable bonds is 0. The predicted octanol–water partition coefficient (Wildman–Crippen LogP) is 2.87. The third-order valence-corrected chi connectivity index (χ3v) is 9.71. The van der Waals surface area contributed by atoms with Gasteiger partial charge in [-0.05, 0) is 49.4 Å². The quantitative estimate of drug-likeness (QED) is 0.684. The van der Waals surface area contributed by atoms with Crippen LogP contribution in [0.5, 0.6) is 0 Å². The van der Waals surface area contributed by atoms with Crippen molar-refractivity contribution >= 4 is 20.0 Å². The van der Waals surface area contributed by atoms with Crippen molar-refractivity contribution in [2.45, 2.75) is 51.4 Å². The first-order valence-corrected chi connectivity index (χ1v) is 10.8. The summed E-state index contributed by atoms with van der Waals surface area (Å²) in [6, 6.07) is 0. The lowest BCUT2D eigenvalue weighted by Gasteiger charge is -2.48. The summed E-state index contributed by atoms with van der Waals surface area (Å²) in [6.07, 6.45) is 7.94. The summed E-state index contributed by atoms with van der Waals surface area (Å²) in [5.41, 5.74) is 0. The number of allylic oxidation sites excluding steroid dienone is 2. The molecule has 118 valence electrons. The maximum Gasteiger partial charge on any atom is 0.109 e. The maximum absolute atomic E-state index is 12.3. The van der Waals surface area contributed by atoms with E-state index in [9.17, 15) is 16.8 Å². The molecule has 0 aromatic carbocycles. The maximum atomic E-state index is 12.3. The monoisotopic (exact) mass is 330 g/mol. The van der Waals surface area contributed by atoms with E-state index in [4.69, 9.17) is 0 Å². The van der Waals surface area contributed by atoms with Crippen molar-refractivity contribution < 1.29 is 16.8 Å². The van der Waals surface area contributed by atoms with Crippen LogP contribution >= 0.6 is 0 Å². The van der Waals surface area contributed by atoms with Gasteiger partial charge in [0.25, 0.3) is 0 Å². The highest BCUT2D eigenvalue weighted by molar-refractivity contribution is 8.18. The van der Waals surface area contributed by atoms with Crippen LogP contribution < -0.4 is 0 Å². The van der Waals surface area contributed by atoms with Crippen molar-refractivity contribution in [1.29, 1.82) is 0 Å². The topological polar surface area (TPSA) is 82.4 Å². The van der Waals surface area contributed by atoms with E-state index in [0.717, 1.165) is 51.4 Å².